The molecule has 3 rings (SSSR count). The highest BCUT2D eigenvalue weighted by atomic mass is 32.2. The molecule has 0 spiro atoms. The van der Waals surface area contributed by atoms with Gasteiger partial charge in [-0.25, -0.2) is 18.4 Å². The summed E-state index contributed by atoms with van der Waals surface area (Å²) in [5, 5.41) is 5.17. The lowest BCUT2D eigenvalue weighted by Gasteiger charge is -2.32. The molecule has 126 valence electrons. The van der Waals surface area contributed by atoms with Crippen LogP contribution in [0.1, 0.15) is 21.5 Å². The minimum Gasteiger partial charge on any atom is -0.465 e. The van der Waals surface area contributed by atoms with E-state index >= 15 is 0 Å². The summed E-state index contributed by atoms with van der Waals surface area (Å²) in [6, 6.07) is 12.4. The van der Waals surface area contributed by atoms with Crippen molar-refractivity contribution < 1.29 is 17.9 Å². The topological polar surface area (TPSA) is 89.7 Å². The zero-order valence-electron chi connectivity index (χ0n) is 13.2. The number of carbonyl (C=O) groups is 1. The number of methoxy groups -OCH3 is 1. The van der Waals surface area contributed by atoms with Gasteiger partial charge >= 0.3 is 5.97 Å². The van der Waals surface area contributed by atoms with Crippen molar-refractivity contribution in [3.05, 3.63) is 59.2 Å². The lowest BCUT2D eigenvalue weighted by atomic mass is 9.98. The molecule has 2 N–H and O–H groups in total. The molecule has 24 heavy (non-hydrogen) atoms. The summed E-state index contributed by atoms with van der Waals surface area (Å²) < 4.78 is 27.9. The van der Waals surface area contributed by atoms with Gasteiger partial charge in [0.25, 0.3) is 0 Å². The molecule has 1 aliphatic heterocycles. The number of nitrogens with zero attached hydrogens (tertiary/aromatic N) is 1. The number of primary sulfonamides is 1. The third-order valence-corrected chi connectivity index (χ3v) is 5.08. The van der Waals surface area contributed by atoms with E-state index in [0.29, 0.717) is 12.2 Å². The molecule has 0 saturated carbocycles. The van der Waals surface area contributed by atoms with E-state index in [9.17, 15) is 13.2 Å². The van der Waals surface area contributed by atoms with Gasteiger partial charge in [0.05, 0.1) is 23.3 Å². The summed E-state index contributed by atoms with van der Waals surface area (Å²) >= 11 is 0. The predicted molar refractivity (Wildman–Crippen MR) is 90.4 cm³/mol. The minimum absolute atomic E-state index is 0.107. The first kappa shape index (κ1) is 16.5. The summed E-state index contributed by atoms with van der Waals surface area (Å²) in [5.41, 5.74) is 3.32. The van der Waals surface area contributed by atoms with Crippen LogP contribution in [0.4, 0.5) is 5.69 Å². The number of fused-ring (bicyclic) bond motifs is 1. The van der Waals surface area contributed by atoms with Gasteiger partial charge in [0.15, 0.2) is 0 Å². The standard InChI is InChI=1S/C17H18N2O4S/c1-23-17(20)15-10-14(24(18,21)22)6-7-16(15)19-9-8-12-4-2-3-5-13(12)11-19/h2-7,10H,8-9,11H2,1H3,(H2,18,21,22). The number of nitrogens with two attached hydrogens (primary N) is 1. The smallest absolute Gasteiger partial charge is 0.340 e. The van der Waals surface area contributed by atoms with Gasteiger partial charge in [-0.1, -0.05) is 24.3 Å². The van der Waals surface area contributed by atoms with E-state index in [4.69, 9.17) is 9.88 Å². The number of hydrogen-bond donors (Lipinski definition) is 1. The predicted octanol–water partition coefficient (Wildman–Crippen LogP) is 1.68. The van der Waals surface area contributed by atoms with Gasteiger partial charge < -0.3 is 9.64 Å². The van der Waals surface area contributed by atoms with Gasteiger partial charge in [0.2, 0.25) is 10.0 Å². The molecule has 0 aromatic heterocycles. The number of benzene rings is 2. The van der Waals surface area contributed by atoms with Crippen molar-refractivity contribution in [1.82, 2.24) is 0 Å². The summed E-state index contributed by atoms with van der Waals surface area (Å²) in [5.74, 6) is -0.589. The molecule has 0 aliphatic carbocycles. The fourth-order valence-corrected chi connectivity index (χ4v) is 3.48. The van der Waals surface area contributed by atoms with E-state index < -0.39 is 16.0 Å². The van der Waals surface area contributed by atoms with Gasteiger partial charge in [-0.3, -0.25) is 0 Å². The van der Waals surface area contributed by atoms with Crippen molar-refractivity contribution in [2.24, 2.45) is 5.14 Å². The van der Waals surface area contributed by atoms with Gasteiger partial charge in [-0.15, -0.1) is 0 Å². The van der Waals surface area contributed by atoms with Gasteiger partial charge in [0, 0.05) is 13.1 Å². The summed E-state index contributed by atoms with van der Waals surface area (Å²) in [6.07, 6.45) is 0.855. The lowest BCUT2D eigenvalue weighted by Crippen LogP contribution is -2.31. The highest BCUT2D eigenvalue weighted by Crippen LogP contribution is 2.29. The average molecular weight is 346 g/mol. The highest BCUT2D eigenvalue weighted by molar-refractivity contribution is 7.89. The van der Waals surface area contributed by atoms with Crippen molar-refractivity contribution in [3.8, 4) is 0 Å². The van der Waals surface area contributed by atoms with Crippen LogP contribution in [0, 0.1) is 0 Å². The van der Waals surface area contributed by atoms with Crippen LogP contribution in [0.3, 0.4) is 0 Å². The Morgan fingerprint density at radius 1 is 1.17 bits per heavy atom. The molecule has 2 aromatic rings. The summed E-state index contributed by atoms with van der Waals surface area (Å²) in [6.45, 7) is 1.38. The molecule has 7 heteroatoms. The molecule has 1 aliphatic rings. The molecular formula is C17H18N2O4S. The van der Waals surface area contributed by atoms with Crippen LogP contribution in [0.2, 0.25) is 0 Å². The number of carbonyl (C=O) groups excluding carboxylic acids is 1. The first-order chi connectivity index (χ1) is 11.4. The molecule has 0 radical (unpaired) electrons. The van der Waals surface area contributed by atoms with E-state index in [-0.39, 0.29) is 10.5 Å². The van der Waals surface area contributed by atoms with Crippen LogP contribution in [0.15, 0.2) is 47.4 Å². The van der Waals surface area contributed by atoms with E-state index in [1.165, 1.54) is 30.4 Å². The zero-order chi connectivity index (χ0) is 17.3. The number of anilines is 1. The Morgan fingerprint density at radius 2 is 1.88 bits per heavy atom. The maximum atomic E-state index is 12.1. The molecule has 1 heterocycles. The van der Waals surface area contributed by atoms with Gasteiger partial charge in [0.1, 0.15) is 0 Å². The Morgan fingerprint density at radius 3 is 2.54 bits per heavy atom. The molecule has 0 atom stereocenters. The van der Waals surface area contributed by atoms with Crippen LogP contribution in [0.5, 0.6) is 0 Å². The molecule has 0 unspecified atom stereocenters. The van der Waals surface area contributed by atoms with Crippen molar-refractivity contribution in [2.45, 2.75) is 17.9 Å². The Bertz CT molecular complexity index is 893. The number of sulfonamides is 1. The molecule has 0 bridgehead atoms. The van der Waals surface area contributed by atoms with E-state index in [1.807, 2.05) is 17.0 Å². The fourth-order valence-electron chi connectivity index (χ4n) is 2.94. The second-order valence-electron chi connectivity index (χ2n) is 5.66. The van der Waals surface area contributed by atoms with Crippen LogP contribution in [-0.2, 0) is 27.7 Å². The second kappa shape index (κ2) is 6.26. The fraction of sp³-hybridized carbons (Fsp3) is 0.235. The summed E-state index contributed by atoms with van der Waals surface area (Å²) in [7, 11) is -2.62. The zero-order valence-corrected chi connectivity index (χ0v) is 14.0. The van der Waals surface area contributed by atoms with Crippen molar-refractivity contribution >= 4 is 21.7 Å². The van der Waals surface area contributed by atoms with Crippen molar-refractivity contribution in [2.75, 3.05) is 18.6 Å². The molecule has 0 fully saturated rings. The first-order valence-electron chi connectivity index (χ1n) is 7.47. The summed E-state index contributed by atoms with van der Waals surface area (Å²) in [4.78, 5) is 14.1. The quantitative estimate of drug-likeness (QED) is 0.854. The van der Waals surface area contributed by atoms with Gasteiger partial charge in [-0.05, 0) is 35.7 Å². The molecule has 0 amide bonds. The van der Waals surface area contributed by atoms with Crippen molar-refractivity contribution in [3.63, 3.8) is 0 Å². The Kier molecular flexibility index (Phi) is 4.29. The van der Waals surface area contributed by atoms with Crippen molar-refractivity contribution in [1.29, 1.82) is 0 Å². The SMILES string of the molecule is COC(=O)c1cc(S(N)(=O)=O)ccc1N1CCc2ccccc2C1. The lowest BCUT2D eigenvalue weighted by molar-refractivity contribution is 0.0601. The number of ether oxygens (including phenoxy) is 1. The van der Waals surface area contributed by atoms with E-state index in [2.05, 4.69) is 12.1 Å². The van der Waals surface area contributed by atoms with Gasteiger partial charge in [-0.2, -0.15) is 0 Å². The molecule has 0 saturated heterocycles. The number of hydrogen-bond acceptors (Lipinski definition) is 5. The number of rotatable bonds is 3. The van der Waals surface area contributed by atoms with E-state index in [1.54, 1.807) is 6.07 Å². The second-order valence-corrected chi connectivity index (χ2v) is 7.22. The average Bonchev–Trinajstić information content (AvgIpc) is 2.59. The Hall–Kier alpha value is -2.38. The van der Waals surface area contributed by atoms with Crippen LogP contribution >= 0.6 is 0 Å². The molecular weight excluding hydrogens is 328 g/mol. The number of esters is 1. The Balaban J connectivity index is 2.03. The first-order valence-corrected chi connectivity index (χ1v) is 9.01. The maximum Gasteiger partial charge on any atom is 0.340 e. The van der Waals surface area contributed by atoms with E-state index in [0.717, 1.165) is 13.0 Å². The van der Waals surface area contributed by atoms with Crippen LogP contribution in [-0.4, -0.2) is 28.0 Å². The minimum atomic E-state index is -3.89. The van der Waals surface area contributed by atoms with Crippen LogP contribution in [0.25, 0.3) is 0 Å². The van der Waals surface area contributed by atoms with Crippen LogP contribution < -0.4 is 10.0 Å². The largest absolute Gasteiger partial charge is 0.465 e. The normalized spacial score (nSPS) is 14.2. The molecule has 6 nitrogen and oxygen atoms in total. The monoisotopic (exact) mass is 346 g/mol. The Labute approximate surface area is 140 Å². The third-order valence-electron chi connectivity index (χ3n) is 4.17. The maximum absolute atomic E-state index is 12.1. The third kappa shape index (κ3) is 3.13. The highest BCUT2D eigenvalue weighted by Gasteiger charge is 2.23. The molecule has 2 aromatic carbocycles.